The highest BCUT2D eigenvalue weighted by Crippen LogP contribution is 1.93. The van der Waals surface area contributed by atoms with E-state index in [-0.39, 0.29) is 12.4 Å². The van der Waals surface area contributed by atoms with Gasteiger partial charge in [0.25, 0.3) is 0 Å². The van der Waals surface area contributed by atoms with Crippen LogP contribution in [0, 0.1) is 0 Å². The van der Waals surface area contributed by atoms with Crippen molar-refractivity contribution in [3.05, 3.63) is 0 Å². The summed E-state index contributed by atoms with van der Waals surface area (Å²) >= 11 is 0. The van der Waals surface area contributed by atoms with Crippen molar-refractivity contribution < 1.29 is 17.0 Å². The Morgan fingerprint density at radius 3 is 1.43 bits per heavy atom. The van der Waals surface area contributed by atoms with E-state index in [9.17, 15) is 0 Å². The van der Waals surface area contributed by atoms with Gasteiger partial charge in [0.15, 0.2) is 0 Å². The van der Waals surface area contributed by atoms with Crippen molar-refractivity contribution in [1.29, 1.82) is 0 Å². The molecule has 6 heteroatoms. The van der Waals surface area contributed by atoms with Gasteiger partial charge in [0.1, 0.15) is 0 Å². The van der Waals surface area contributed by atoms with Gasteiger partial charge in [-0.15, -0.1) is 0 Å². The number of rotatable bonds is 10. The van der Waals surface area contributed by atoms with E-state index >= 15 is 0 Å². The second-order valence-corrected chi connectivity index (χ2v) is 5.33. The van der Waals surface area contributed by atoms with E-state index in [0.717, 1.165) is 32.1 Å². The highest BCUT2D eigenvalue weighted by atomic mass is 35.5. The second kappa shape index (κ2) is 14.4. The summed E-state index contributed by atoms with van der Waals surface area (Å²) in [5.74, 6) is 1.04. The summed E-state index contributed by atoms with van der Waals surface area (Å²) in [5, 5.41) is 4.53. The minimum absolute atomic E-state index is 0. The molecule has 0 unspecified atom stereocenters. The Kier molecular flexibility index (Phi) is 15.6. The topological polar surface area (TPSA) is 33.5 Å². The molecule has 5 nitrogen and oxygen atoms in total. The largest absolute Gasteiger partial charge is 1.00 e. The minimum Gasteiger partial charge on any atom is -1.00 e. The molecule has 0 heterocycles. The van der Waals surface area contributed by atoms with Gasteiger partial charge in [0.05, 0.1) is 14.1 Å². The van der Waals surface area contributed by atoms with E-state index in [4.69, 9.17) is 0 Å². The molecule has 0 saturated carbocycles. The first-order valence-electron chi connectivity index (χ1n) is 8.16. The fourth-order valence-electron chi connectivity index (χ4n) is 1.81. The molecule has 0 aliphatic heterocycles. The predicted molar refractivity (Wildman–Crippen MR) is 87.7 cm³/mol. The van der Waals surface area contributed by atoms with Gasteiger partial charge >= 0.3 is 5.96 Å². The Hall–Kier alpha value is -0.520. The van der Waals surface area contributed by atoms with Crippen LogP contribution in [0.2, 0.25) is 0 Å². The molecule has 0 aliphatic rings. The van der Waals surface area contributed by atoms with Gasteiger partial charge in [-0.1, -0.05) is 26.7 Å². The lowest BCUT2D eigenvalue weighted by atomic mass is 10.3. The Labute approximate surface area is 138 Å². The Morgan fingerprint density at radius 1 is 0.810 bits per heavy atom. The quantitative estimate of drug-likeness (QED) is 0.231. The Balaban J connectivity index is 0. The number of guanidine groups is 1. The summed E-state index contributed by atoms with van der Waals surface area (Å²) in [7, 11) is 4.13. The van der Waals surface area contributed by atoms with Crippen LogP contribution in [0.5, 0.6) is 0 Å². The standard InChI is InChI=1S/C15H35N5.ClH/c1-7-11-13-19(9-3)16-15(18(5)6)17-20(10-4)14-12-8-2;/h7-14H2,1-6H3,(H,16,17);1H. The third kappa shape index (κ3) is 10.8. The van der Waals surface area contributed by atoms with Crippen molar-refractivity contribution in [1.82, 2.24) is 20.9 Å². The van der Waals surface area contributed by atoms with Crippen LogP contribution < -0.4 is 23.3 Å². The van der Waals surface area contributed by atoms with Crippen molar-refractivity contribution in [2.24, 2.45) is 0 Å². The van der Waals surface area contributed by atoms with Gasteiger partial charge in [-0.3, -0.25) is 4.58 Å². The van der Waals surface area contributed by atoms with Crippen molar-refractivity contribution in [3.63, 3.8) is 0 Å². The van der Waals surface area contributed by atoms with Crippen LogP contribution in [0.4, 0.5) is 0 Å². The zero-order valence-electron chi connectivity index (χ0n) is 14.9. The van der Waals surface area contributed by atoms with Crippen molar-refractivity contribution in [2.75, 3.05) is 40.3 Å². The fourth-order valence-corrected chi connectivity index (χ4v) is 1.81. The fraction of sp³-hybridized carbons (Fsp3) is 0.933. The molecule has 0 aromatic heterocycles. The monoisotopic (exact) mass is 321 g/mol. The average Bonchev–Trinajstić information content (AvgIpc) is 2.45. The molecular weight excluding hydrogens is 286 g/mol. The van der Waals surface area contributed by atoms with Gasteiger partial charge in [-0.2, -0.15) is 10.0 Å². The highest BCUT2D eigenvalue weighted by molar-refractivity contribution is 5.73. The number of halogens is 1. The number of hydrazine groups is 2. The maximum Gasteiger partial charge on any atom is 0.380 e. The normalized spacial score (nSPS) is 10.5. The minimum atomic E-state index is 0. The van der Waals surface area contributed by atoms with E-state index in [1.807, 2.05) is 0 Å². The third-order valence-electron chi connectivity index (χ3n) is 3.30. The Morgan fingerprint density at radius 2 is 1.19 bits per heavy atom. The van der Waals surface area contributed by atoms with E-state index in [0.29, 0.717) is 0 Å². The summed E-state index contributed by atoms with van der Waals surface area (Å²) in [6, 6.07) is 0. The highest BCUT2D eigenvalue weighted by Gasteiger charge is 2.16. The lowest BCUT2D eigenvalue weighted by molar-refractivity contribution is -0.471. The molecule has 0 atom stereocenters. The first kappa shape index (κ1) is 22.8. The van der Waals surface area contributed by atoms with Crippen molar-refractivity contribution in [2.45, 2.75) is 53.4 Å². The van der Waals surface area contributed by atoms with Crippen LogP contribution in [0.25, 0.3) is 0 Å². The summed E-state index contributed by atoms with van der Waals surface area (Å²) in [6.45, 7) is 13.0. The molecule has 0 aliphatic carbocycles. The zero-order valence-corrected chi connectivity index (χ0v) is 15.6. The van der Waals surface area contributed by atoms with Crippen LogP contribution in [0.1, 0.15) is 53.4 Å². The maximum absolute atomic E-state index is 3.50. The lowest BCUT2D eigenvalue weighted by Gasteiger charge is -2.23. The molecule has 0 aromatic carbocycles. The van der Waals surface area contributed by atoms with E-state index < -0.39 is 0 Å². The van der Waals surface area contributed by atoms with Crippen LogP contribution in [-0.2, 0) is 0 Å². The SMILES string of the molecule is CCCCN(CC)NC(NN(CC)CCCC)=[N+](C)C.[Cl-]. The number of unbranched alkanes of at least 4 members (excludes halogenated alkanes) is 2. The second-order valence-electron chi connectivity index (χ2n) is 5.33. The van der Waals surface area contributed by atoms with Gasteiger partial charge in [-0.05, 0) is 26.7 Å². The molecule has 0 spiro atoms. The van der Waals surface area contributed by atoms with Gasteiger partial charge in [-0.25, -0.2) is 10.9 Å². The number of hydrogen-bond donors (Lipinski definition) is 2. The van der Waals surface area contributed by atoms with Gasteiger partial charge in [0.2, 0.25) is 0 Å². The van der Waals surface area contributed by atoms with Gasteiger partial charge in [0, 0.05) is 26.2 Å². The van der Waals surface area contributed by atoms with Crippen LogP contribution in [-0.4, -0.2) is 60.8 Å². The molecule has 21 heavy (non-hydrogen) atoms. The van der Waals surface area contributed by atoms with E-state index in [1.54, 1.807) is 0 Å². The first-order valence-corrected chi connectivity index (χ1v) is 8.16. The van der Waals surface area contributed by atoms with Crippen LogP contribution >= 0.6 is 0 Å². The van der Waals surface area contributed by atoms with Crippen LogP contribution in [0.3, 0.4) is 0 Å². The first-order chi connectivity index (χ1) is 9.58. The number of nitrogens with zero attached hydrogens (tertiary/aromatic N) is 3. The summed E-state index contributed by atoms with van der Waals surface area (Å²) in [4.78, 5) is 0. The smallest absolute Gasteiger partial charge is 0.380 e. The maximum atomic E-state index is 3.50. The molecule has 0 amide bonds. The number of hydrogen-bond acceptors (Lipinski definition) is 2. The van der Waals surface area contributed by atoms with Crippen molar-refractivity contribution >= 4 is 5.96 Å². The summed E-state index contributed by atoms with van der Waals surface area (Å²) in [5.41, 5.74) is 7.00. The molecule has 0 aromatic rings. The zero-order chi connectivity index (χ0) is 15.4. The molecule has 128 valence electrons. The van der Waals surface area contributed by atoms with Crippen LogP contribution in [0.15, 0.2) is 0 Å². The molecule has 0 radical (unpaired) electrons. The molecular formula is C15H36ClN5. The number of nitrogens with one attached hydrogen (secondary N) is 2. The summed E-state index contributed by atoms with van der Waals surface area (Å²) < 4.78 is 2.10. The van der Waals surface area contributed by atoms with E-state index in [1.165, 1.54) is 25.7 Å². The summed E-state index contributed by atoms with van der Waals surface area (Å²) in [6.07, 6.45) is 4.88. The average molecular weight is 322 g/mol. The molecule has 2 N–H and O–H groups in total. The third-order valence-corrected chi connectivity index (χ3v) is 3.30. The molecule has 0 rings (SSSR count). The van der Waals surface area contributed by atoms with E-state index in [2.05, 4.69) is 67.2 Å². The van der Waals surface area contributed by atoms with Gasteiger partial charge < -0.3 is 12.4 Å². The predicted octanol–water partition coefficient (Wildman–Crippen LogP) is -1.13. The molecule has 0 fully saturated rings. The van der Waals surface area contributed by atoms with Crippen molar-refractivity contribution in [3.8, 4) is 0 Å². The molecule has 0 bridgehead atoms. The Bertz CT molecular complexity index is 247. The molecule has 0 saturated heterocycles. The lowest BCUT2D eigenvalue weighted by Crippen LogP contribution is -3.00.